The minimum absolute atomic E-state index is 0.0244. The van der Waals surface area contributed by atoms with Crippen molar-refractivity contribution in [1.29, 1.82) is 0 Å². The highest BCUT2D eigenvalue weighted by atomic mass is 16.7. The zero-order valence-corrected chi connectivity index (χ0v) is 18.3. The minimum atomic E-state index is -0.389. The van der Waals surface area contributed by atoms with Crippen LogP contribution in [0.2, 0.25) is 0 Å². The number of carbonyl (C=O) groups is 1. The Balaban J connectivity index is 1.53. The predicted octanol–water partition coefficient (Wildman–Crippen LogP) is 3.02. The Hall–Kier alpha value is -1.89. The van der Waals surface area contributed by atoms with Crippen LogP contribution >= 0.6 is 0 Å². The van der Waals surface area contributed by atoms with Gasteiger partial charge >= 0.3 is 0 Å². The summed E-state index contributed by atoms with van der Waals surface area (Å²) in [5.74, 6) is 1.09. The van der Waals surface area contributed by atoms with Crippen molar-refractivity contribution in [3.63, 3.8) is 0 Å². The van der Waals surface area contributed by atoms with E-state index in [9.17, 15) is 4.79 Å². The summed E-state index contributed by atoms with van der Waals surface area (Å²) in [6.45, 7) is 9.10. The van der Waals surface area contributed by atoms with Crippen molar-refractivity contribution in [2.24, 2.45) is 11.8 Å². The van der Waals surface area contributed by atoms with E-state index in [4.69, 9.17) is 14.6 Å². The SMILES string of the molecule is CC(C)[C@H]1C=C(C(=O)N2CCN(Cc3ccccc3)CC2)O[C@@H](OCCCCO)C1. The molecule has 0 spiro atoms. The monoisotopic (exact) mass is 416 g/mol. The van der Waals surface area contributed by atoms with Crippen molar-refractivity contribution in [2.75, 3.05) is 39.4 Å². The van der Waals surface area contributed by atoms with Gasteiger partial charge < -0.3 is 19.5 Å². The van der Waals surface area contributed by atoms with Crippen LogP contribution in [0.5, 0.6) is 0 Å². The fraction of sp³-hybridized carbons (Fsp3) is 0.625. The van der Waals surface area contributed by atoms with Crippen LogP contribution in [0.4, 0.5) is 0 Å². The lowest BCUT2D eigenvalue weighted by atomic mass is 9.90. The minimum Gasteiger partial charge on any atom is -0.459 e. The van der Waals surface area contributed by atoms with Gasteiger partial charge in [0.2, 0.25) is 6.29 Å². The molecule has 166 valence electrons. The molecule has 6 heteroatoms. The Labute approximate surface area is 180 Å². The van der Waals surface area contributed by atoms with E-state index in [1.807, 2.05) is 17.0 Å². The van der Waals surface area contributed by atoms with E-state index >= 15 is 0 Å². The van der Waals surface area contributed by atoms with Gasteiger partial charge in [-0.05, 0) is 36.3 Å². The van der Waals surface area contributed by atoms with Crippen LogP contribution in [0.3, 0.4) is 0 Å². The fourth-order valence-corrected chi connectivity index (χ4v) is 3.94. The molecule has 2 aliphatic heterocycles. The van der Waals surface area contributed by atoms with E-state index in [-0.39, 0.29) is 24.7 Å². The van der Waals surface area contributed by atoms with Crippen molar-refractivity contribution >= 4 is 5.91 Å². The average molecular weight is 417 g/mol. The summed E-state index contributed by atoms with van der Waals surface area (Å²) in [7, 11) is 0. The molecule has 0 radical (unpaired) electrons. The Kier molecular flexibility index (Phi) is 8.73. The summed E-state index contributed by atoms with van der Waals surface area (Å²) in [5.41, 5.74) is 1.30. The maximum Gasteiger partial charge on any atom is 0.288 e. The number of carbonyl (C=O) groups excluding carboxylic acids is 1. The highest BCUT2D eigenvalue weighted by molar-refractivity contribution is 5.91. The van der Waals surface area contributed by atoms with Crippen molar-refractivity contribution < 1.29 is 19.4 Å². The number of ether oxygens (including phenoxy) is 2. The molecule has 0 saturated carbocycles. The average Bonchev–Trinajstić information content (AvgIpc) is 2.77. The Morgan fingerprint density at radius 2 is 1.90 bits per heavy atom. The van der Waals surface area contributed by atoms with Crippen LogP contribution in [0.15, 0.2) is 42.2 Å². The van der Waals surface area contributed by atoms with E-state index in [2.05, 4.69) is 43.0 Å². The zero-order valence-electron chi connectivity index (χ0n) is 18.3. The molecule has 2 atom stereocenters. The van der Waals surface area contributed by atoms with Crippen LogP contribution in [0.1, 0.15) is 38.7 Å². The summed E-state index contributed by atoms with van der Waals surface area (Å²) >= 11 is 0. The highest BCUT2D eigenvalue weighted by Crippen LogP contribution is 2.29. The van der Waals surface area contributed by atoms with Gasteiger partial charge in [-0.1, -0.05) is 44.2 Å². The van der Waals surface area contributed by atoms with Crippen molar-refractivity contribution in [1.82, 2.24) is 9.80 Å². The second-order valence-electron chi connectivity index (χ2n) is 8.58. The summed E-state index contributed by atoms with van der Waals surface area (Å²) in [6.07, 6.45) is 3.88. The first-order chi connectivity index (χ1) is 14.6. The molecule has 2 aliphatic rings. The van der Waals surface area contributed by atoms with E-state index in [1.165, 1.54) is 5.56 Å². The smallest absolute Gasteiger partial charge is 0.288 e. The second kappa shape index (κ2) is 11.5. The quantitative estimate of drug-likeness (QED) is 0.627. The van der Waals surface area contributed by atoms with Crippen LogP contribution in [-0.2, 0) is 20.8 Å². The van der Waals surface area contributed by atoms with Gasteiger partial charge in [-0.2, -0.15) is 0 Å². The topological polar surface area (TPSA) is 62.2 Å². The summed E-state index contributed by atoms with van der Waals surface area (Å²) < 4.78 is 11.8. The molecule has 1 amide bonds. The van der Waals surface area contributed by atoms with Gasteiger partial charge in [-0.25, -0.2) is 0 Å². The molecule has 1 aromatic carbocycles. The van der Waals surface area contributed by atoms with E-state index in [0.717, 1.165) is 38.9 Å². The number of nitrogens with zero attached hydrogens (tertiary/aromatic N) is 2. The molecule has 0 unspecified atom stereocenters. The normalized spacial score (nSPS) is 22.7. The van der Waals surface area contributed by atoms with Gasteiger partial charge in [-0.15, -0.1) is 0 Å². The number of hydrogen-bond acceptors (Lipinski definition) is 5. The first kappa shape index (κ1) is 22.8. The van der Waals surface area contributed by atoms with Crippen LogP contribution in [-0.4, -0.2) is 66.5 Å². The van der Waals surface area contributed by atoms with Gasteiger partial charge in [0, 0.05) is 45.8 Å². The number of benzene rings is 1. The van der Waals surface area contributed by atoms with Crippen molar-refractivity contribution in [3.8, 4) is 0 Å². The lowest BCUT2D eigenvalue weighted by molar-refractivity contribution is -0.157. The Bertz CT molecular complexity index is 684. The maximum absolute atomic E-state index is 13.1. The second-order valence-corrected chi connectivity index (χ2v) is 8.58. The maximum atomic E-state index is 13.1. The number of aliphatic hydroxyl groups excluding tert-OH is 1. The van der Waals surface area contributed by atoms with E-state index < -0.39 is 0 Å². The van der Waals surface area contributed by atoms with Crippen molar-refractivity contribution in [3.05, 3.63) is 47.7 Å². The molecule has 1 N–H and O–H groups in total. The lowest BCUT2D eigenvalue weighted by Gasteiger charge is -2.37. The van der Waals surface area contributed by atoms with E-state index in [0.29, 0.717) is 31.4 Å². The molecule has 2 heterocycles. The molecule has 30 heavy (non-hydrogen) atoms. The number of rotatable bonds is 9. The number of allylic oxidation sites excluding steroid dienone is 1. The standard InChI is InChI=1S/C24H36N2O4/c1-19(2)21-16-22(30-23(17-21)29-15-7-6-14-27)24(28)26-12-10-25(11-13-26)18-20-8-4-3-5-9-20/h3-5,8-9,16,19,21,23,27H,6-7,10-15,17-18H2,1-2H3/t21-,23+/m0/s1. The largest absolute Gasteiger partial charge is 0.459 e. The van der Waals surface area contributed by atoms with Gasteiger partial charge in [0.15, 0.2) is 5.76 Å². The molecule has 1 fully saturated rings. The van der Waals surface area contributed by atoms with E-state index in [1.54, 1.807) is 0 Å². The molecule has 1 aromatic rings. The number of unbranched alkanes of at least 4 members (excludes halogenated alkanes) is 1. The van der Waals surface area contributed by atoms with Crippen LogP contribution < -0.4 is 0 Å². The molecule has 3 rings (SSSR count). The molecule has 6 nitrogen and oxygen atoms in total. The third-order valence-corrected chi connectivity index (χ3v) is 5.92. The van der Waals surface area contributed by atoms with Crippen LogP contribution in [0.25, 0.3) is 0 Å². The lowest BCUT2D eigenvalue weighted by Crippen LogP contribution is -2.49. The molecule has 0 bridgehead atoms. The molecule has 1 saturated heterocycles. The number of aliphatic hydroxyl groups is 1. The third kappa shape index (κ3) is 6.56. The predicted molar refractivity (Wildman–Crippen MR) is 116 cm³/mol. The van der Waals surface area contributed by atoms with Crippen LogP contribution in [0, 0.1) is 11.8 Å². The number of amides is 1. The first-order valence-corrected chi connectivity index (χ1v) is 11.2. The molecule has 0 aromatic heterocycles. The summed E-state index contributed by atoms with van der Waals surface area (Å²) in [4.78, 5) is 17.4. The Morgan fingerprint density at radius 3 is 2.57 bits per heavy atom. The van der Waals surface area contributed by atoms with Gasteiger partial charge in [0.25, 0.3) is 5.91 Å². The fourth-order valence-electron chi connectivity index (χ4n) is 3.94. The van der Waals surface area contributed by atoms with Gasteiger partial charge in [0.1, 0.15) is 0 Å². The molecule has 0 aliphatic carbocycles. The summed E-state index contributed by atoms with van der Waals surface area (Å²) in [6, 6.07) is 10.5. The zero-order chi connectivity index (χ0) is 21.3. The summed E-state index contributed by atoms with van der Waals surface area (Å²) in [5, 5.41) is 8.93. The number of piperazine rings is 1. The third-order valence-electron chi connectivity index (χ3n) is 5.92. The highest BCUT2D eigenvalue weighted by Gasteiger charge is 2.32. The first-order valence-electron chi connectivity index (χ1n) is 11.2. The van der Waals surface area contributed by atoms with Gasteiger partial charge in [0.05, 0.1) is 6.61 Å². The molecular weight excluding hydrogens is 380 g/mol. The Morgan fingerprint density at radius 1 is 1.17 bits per heavy atom. The van der Waals surface area contributed by atoms with Crippen molar-refractivity contribution in [2.45, 2.75) is 45.9 Å². The van der Waals surface area contributed by atoms with Gasteiger partial charge in [-0.3, -0.25) is 9.69 Å². The number of hydrogen-bond donors (Lipinski definition) is 1. The molecular formula is C24H36N2O4.